The number of fused-ring (bicyclic) bond motifs is 1. The van der Waals surface area contributed by atoms with Crippen LogP contribution in [0.25, 0.3) is 0 Å². The van der Waals surface area contributed by atoms with Gasteiger partial charge in [0.05, 0.1) is 12.2 Å². The number of amides is 1. The predicted octanol–water partition coefficient (Wildman–Crippen LogP) is -0.113. The van der Waals surface area contributed by atoms with Gasteiger partial charge in [-0.15, -0.1) is 0 Å². The van der Waals surface area contributed by atoms with E-state index in [1.165, 1.54) is 12.8 Å². The van der Waals surface area contributed by atoms with E-state index in [9.17, 15) is 4.79 Å². The SMILES string of the molecule is COC(CN)C(=O)NC1CCCc2c1cnn2C. The lowest BCUT2D eigenvalue weighted by Crippen LogP contribution is -2.42. The Balaban J connectivity index is 2.09. The molecule has 0 spiro atoms. The van der Waals surface area contributed by atoms with Crippen LogP contribution in [0.2, 0.25) is 0 Å². The Morgan fingerprint density at radius 3 is 3.22 bits per heavy atom. The smallest absolute Gasteiger partial charge is 0.250 e. The Bertz CT molecular complexity index is 426. The van der Waals surface area contributed by atoms with Gasteiger partial charge in [0.1, 0.15) is 6.10 Å². The first kappa shape index (κ1) is 13.0. The molecule has 2 rings (SSSR count). The van der Waals surface area contributed by atoms with Crippen molar-refractivity contribution in [3.63, 3.8) is 0 Å². The number of hydrogen-bond acceptors (Lipinski definition) is 4. The summed E-state index contributed by atoms with van der Waals surface area (Å²) in [5, 5.41) is 7.24. The molecule has 2 atom stereocenters. The van der Waals surface area contributed by atoms with Crippen molar-refractivity contribution in [2.24, 2.45) is 12.8 Å². The summed E-state index contributed by atoms with van der Waals surface area (Å²) in [6.45, 7) is 0.189. The number of carbonyl (C=O) groups is 1. The summed E-state index contributed by atoms with van der Waals surface area (Å²) in [6.07, 6.45) is 4.27. The molecule has 3 N–H and O–H groups in total. The molecule has 0 aromatic carbocycles. The first-order chi connectivity index (χ1) is 8.67. The maximum atomic E-state index is 11.9. The minimum Gasteiger partial charge on any atom is -0.370 e. The van der Waals surface area contributed by atoms with Gasteiger partial charge in [0.15, 0.2) is 0 Å². The van der Waals surface area contributed by atoms with Gasteiger partial charge in [-0.3, -0.25) is 9.48 Å². The monoisotopic (exact) mass is 252 g/mol. The van der Waals surface area contributed by atoms with Crippen LogP contribution in [-0.4, -0.2) is 35.4 Å². The summed E-state index contributed by atoms with van der Waals surface area (Å²) >= 11 is 0. The van der Waals surface area contributed by atoms with Gasteiger partial charge in [-0.1, -0.05) is 0 Å². The lowest BCUT2D eigenvalue weighted by Gasteiger charge is -2.25. The average molecular weight is 252 g/mol. The van der Waals surface area contributed by atoms with E-state index in [1.807, 2.05) is 17.9 Å². The van der Waals surface area contributed by atoms with Crippen LogP contribution in [0.4, 0.5) is 0 Å². The van der Waals surface area contributed by atoms with Crippen LogP contribution in [0.15, 0.2) is 6.20 Å². The molecule has 1 aromatic rings. The second-order valence-electron chi connectivity index (χ2n) is 4.58. The Labute approximate surface area is 106 Å². The highest BCUT2D eigenvalue weighted by molar-refractivity contribution is 5.81. The van der Waals surface area contributed by atoms with Crippen molar-refractivity contribution in [3.05, 3.63) is 17.5 Å². The largest absolute Gasteiger partial charge is 0.370 e. The fourth-order valence-corrected chi connectivity index (χ4v) is 2.43. The lowest BCUT2D eigenvalue weighted by molar-refractivity contribution is -0.131. The van der Waals surface area contributed by atoms with Gasteiger partial charge < -0.3 is 15.8 Å². The van der Waals surface area contributed by atoms with Crippen molar-refractivity contribution >= 4 is 5.91 Å². The Morgan fingerprint density at radius 2 is 2.56 bits per heavy atom. The van der Waals surface area contributed by atoms with Gasteiger partial charge in [-0.05, 0) is 19.3 Å². The first-order valence-corrected chi connectivity index (χ1v) is 6.21. The van der Waals surface area contributed by atoms with E-state index in [1.54, 1.807) is 0 Å². The Kier molecular flexibility index (Phi) is 3.98. The van der Waals surface area contributed by atoms with Crippen LogP contribution >= 0.6 is 0 Å². The quantitative estimate of drug-likeness (QED) is 0.783. The molecule has 1 aliphatic rings. The van der Waals surface area contributed by atoms with E-state index in [2.05, 4.69) is 10.4 Å². The summed E-state index contributed by atoms with van der Waals surface area (Å²) in [5.41, 5.74) is 7.80. The van der Waals surface area contributed by atoms with Crippen molar-refractivity contribution in [1.82, 2.24) is 15.1 Å². The highest BCUT2D eigenvalue weighted by atomic mass is 16.5. The number of nitrogens with zero attached hydrogens (tertiary/aromatic N) is 2. The number of ether oxygens (including phenoxy) is 1. The number of aromatic nitrogens is 2. The van der Waals surface area contributed by atoms with Gasteiger partial charge in [0.2, 0.25) is 0 Å². The number of nitrogens with one attached hydrogen (secondary N) is 1. The number of carbonyl (C=O) groups excluding carboxylic acids is 1. The fourth-order valence-electron chi connectivity index (χ4n) is 2.43. The Morgan fingerprint density at radius 1 is 1.78 bits per heavy atom. The van der Waals surface area contributed by atoms with Crippen LogP contribution < -0.4 is 11.1 Å². The van der Waals surface area contributed by atoms with Crippen LogP contribution in [0.3, 0.4) is 0 Å². The van der Waals surface area contributed by atoms with Crippen molar-refractivity contribution in [1.29, 1.82) is 0 Å². The molecular formula is C12H20N4O2. The zero-order valence-corrected chi connectivity index (χ0v) is 10.8. The summed E-state index contributed by atoms with van der Waals surface area (Å²) < 4.78 is 6.92. The molecule has 0 saturated heterocycles. The number of aryl methyl sites for hydroxylation is 1. The normalized spacial score (nSPS) is 20.3. The summed E-state index contributed by atoms with van der Waals surface area (Å²) in [5.74, 6) is -0.151. The van der Waals surface area contributed by atoms with E-state index >= 15 is 0 Å². The Hall–Kier alpha value is -1.40. The molecular weight excluding hydrogens is 232 g/mol. The van der Waals surface area contributed by atoms with E-state index < -0.39 is 6.10 Å². The molecule has 0 saturated carbocycles. The van der Waals surface area contributed by atoms with E-state index in [0.717, 1.165) is 24.8 Å². The third-order valence-corrected chi connectivity index (χ3v) is 3.48. The van der Waals surface area contributed by atoms with Crippen molar-refractivity contribution in [2.75, 3.05) is 13.7 Å². The zero-order chi connectivity index (χ0) is 13.1. The van der Waals surface area contributed by atoms with E-state index in [-0.39, 0.29) is 18.5 Å². The molecule has 100 valence electrons. The maximum Gasteiger partial charge on any atom is 0.250 e. The van der Waals surface area contributed by atoms with Crippen molar-refractivity contribution in [3.8, 4) is 0 Å². The average Bonchev–Trinajstić information content (AvgIpc) is 2.74. The van der Waals surface area contributed by atoms with Gasteiger partial charge >= 0.3 is 0 Å². The third kappa shape index (κ3) is 2.39. The lowest BCUT2D eigenvalue weighted by atomic mass is 9.93. The molecule has 1 aliphatic carbocycles. The fraction of sp³-hybridized carbons (Fsp3) is 0.667. The molecule has 0 fully saturated rings. The highest BCUT2D eigenvalue weighted by Gasteiger charge is 2.26. The molecule has 6 nitrogen and oxygen atoms in total. The minimum absolute atomic E-state index is 0.0270. The topological polar surface area (TPSA) is 82.2 Å². The van der Waals surface area contributed by atoms with Gasteiger partial charge in [0, 0.05) is 32.0 Å². The van der Waals surface area contributed by atoms with Gasteiger partial charge in [0.25, 0.3) is 5.91 Å². The second-order valence-corrected chi connectivity index (χ2v) is 4.58. The molecule has 0 radical (unpaired) electrons. The van der Waals surface area contributed by atoms with Crippen LogP contribution in [0.1, 0.15) is 30.1 Å². The van der Waals surface area contributed by atoms with Crippen molar-refractivity contribution in [2.45, 2.75) is 31.4 Å². The van der Waals surface area contributed by atoms with Crippen LogP contribution in [0.5, 0.6) is 0 Å². The molecule has 0 bridgehead atoms. The van der Waals surface area contributed by atoms with Crippen molar-refractivity contribution < 1.29 is 9.53 Å². The number of rotatable bonds is 4. The molecule has 6 heteroatoms. The van der Waals surface area contributed by atoms with E-state index in [0.29, 0.717) is 0 Å². The predicted molar refractivity (Wildman–Crippen MR) is 66.9 cm³/mol. The maximum absolute atomic E-state index is 11.9. The molecule has 1 heterocycles. The standard InChI is InChI=1S/C12H20N4O2/c1-16-10-5-3-4-9(8(10)7-14-16)15-12(17)11(6-13)18-2/h7,9,11H,3-6,13H2,1-2H3,(H,15,17). The first-order valence-electron chi connectivity index (χ1n) is 6.21. The number of nitrogens with two attached hydrogens (primary N) is 1. The highest BCUT2D eigenvalue weighted by Crippen LogP contribution is 2.29. The summed E-state index contributed by atoms with van der Waals surface area (Å²) in [6, 6.07) is 0.0270. The van der Waals surface area contributed by atoms with E-state index in [4.69, 9.17) is 10.5 Å². The minimum atomic E-state index is -0.577. The molecule has 0 aliphatic heterocycles. The molecule has 1 amide bonds. The van der Waals surface area contributed by atoms with Crippen LogP contribution in [-0.2, 0) is 23.0 Å². The summed E-state index contributed by atoms with van der Waals surface area (Å²) in [7, 11) is 3.42. The molecule has 1 aromatic heterocycles. The van der Waals surface area contributed by atoms with Gasteiger partial charge in [-0.25, -0.2) is 0 Å². The third-order valence-electron chi connectivity index (χ3n) is 3.48. The number of hydrogen-bond donors (Lipinski definition) is 2. The van der Waals surface area contributed by atoms with Crippen LogP contribution in [0, 0.1) is 0 Å². The molecule has 18 heavy (non-hydrogen) atoms. The summed E-state index contributed by atoms with van der Waals surface area (Å²) in [4.78, 5) is 11.9. The second kappa shape index (κ2) is 5.49. The molecule has 2 unspecified atom stereocenters. The van der Waals surface area contributed by atoms with Gasteiger partial charge in [-0.2, -0.15) is 5.10 Å². The number of methoxy groups -OCH3 is 1. The zero-order valence-electron chi connectivity index (χ0n) is 10.8.